The van der Waals surface area contributed by atoms with Crippen LogP contribution in [0.2, 0.25) is 5.02 Å². The fourth-order valence-corrected chi connectivity index (χ4v) is 2.45. The van der Waals surface area contributed by atoms with Gasteiger partial charge in [-0.15, -0.1) is 0 Å². The summed E-state index contributed by atoms with van der Waals surface area (Å²) in [5.74, 6) is 1.68. The average molecular weight is 290 g/mol. The van der Waals surface area contributed by atoms with E-state index in [2.05, 4.69) is 5.32 Å². The number of hydrogen-bond donors (Lipinski definition) is 1. The molecule has 4 heteroatoms. The number of nitrogens with one attached hydrogen (secondary N) is 1. The summed E-state index contributed by atoms with van der Waals surface area (Å²) in [6.45, 7) is 2.67. The van der Waals surface area contributed by atoms with Crippen molar-refractivity contribution >= 4 is 11.6 Å². The summed E-state index contributed by atoms with van der Waals surface area (Å²) < 4.78 is 11.3. The minimum atomic E-state index is 0.606. The van der Waals surface area contributed by atoms with Gasteiger partial charge in [0.2, 0.25) is 0 Å². The standard InChI is InChI=1S/C16H16ClNO2/c17-14-6-2-1-4-12(14)10-18-11-13-5-3-7-15-16(13)20-9-8-19-15/h1-7,18H,8-11H2. The Kier molecular flexibility index (Phi) is 4.09. The van der Waals surface area contributed by atoms with Crippen molar-refractivity contribution in [1.29, 1.82) is 0 Å². The molecule has 0 saturated heterocycles. The second-order valence-corrected chi connectivity index (χ2v) is 5.04. The molecule has 104 valence electrons. The lowest BCUT2D eigenvalue weighted by Gasteiger charge is -2.21. The number of fused-ring (bicyclic) bond motifs is 1. The van der Waals surface area contributed by atoms with Gasteiger partial charge in [-0.25, -0.2) is 0 Å². The number of halogens is 1. The van der Waals surface area contributed by atoms with Crippen LogP contribution in [0.4, 0.5) is 0 Å². The van der Waals surface area contributed by atoms with Crippen molar-refractivity contribution in [2.45, 2.75) is 13.1 Å². The average Bonchev–Trinajstić information content (AvgIpc) is 2.49. The molecule has 0 radical (unpaired) electrons. The van der Waals surface area contributed by atoms with Gasteiger partial charge < -0.3 is 14.8 Å². The van der Waals surface area contributed by atoms with Gasteiger partial charge in [0.1, 0.15) is 13.2 Å². The van der Waals surface area contributed by atoms with Crippen molar-refractivity contribution < 1.29 is 9.47 Å². The Morgan fingerprint density at radius 1 is 0.900 bits per heavy atom. The highest BCUT2D eigenvalue weighted by atomic mass is 35.5. The maximum absolute atomic E-state index is 6.14. The summed E-state index contributed by atoms with van der Waals surface area (Å²) in [7, 11) is 0. The molecule has 0 aliphatic carbocycles. The molecule has 20 heavy (non-hydrogen) atoms. The molecule has 0 atom stereocenters. The van der Waals surface area contributed by atoms with Crippen molar-refractivity contribution in [3.05, 3.63) is 58.6 Å². The summed E-state index contributed by atoms with van der Waals surface area (Å²) >= 11 is 6.14. The van der Waals surface area contributed by atoms with E-state index in [1.54, 1.807) is 0 Å². The lowest BCUT2D eigenvalue weighted by Crippen LogP contribution is -2.19. The fraction of sp³-hybridized carbons (Fsp3) is 0.250. The van der Waals surface area contributed by atoms with Crippen LogP contribution in [0.5, 0.6) is 11.5 Å². The number of benzene rings is 2. The van der Waals surface area contributed by atoms with E-state index in [1.807, 2.05) is 42.5 Å². The summed E-state index contributed by atoms with van der Waals surface area (Å²) in [6, 6.07) is 13.8. The maximum atomic E-state index is 6.14. The van der Waals surface area contributed by atoms with Gasteiger partial charge in [0.05, 0.1) is 0 Å². The van der Waals surface area contributed by atoms with Gasteiger partial charge in [-0.05, 0) is 17.7 Å². The Morgan fingerprint density at radius 2 is 1.65 bits per heavy atom. The van der Waals surface area contributed by atoms with Gasteiger partial charge in [-0.3, -0.25) is 0 Å². The van der Waals surface area contributed by atoms with Gasteiger partial charge >= 0.3 is 0 Å². The predicted octanol–water partition coefficient (Wildman–Crippen LogP) is 3.40. The molecule has 0 aromatic heterocycles. The minimum Gasteiger partial charge on any atom is -0.486 e. The molecule has 3 rings (SSSR count). The van der Waals surface area contributed by atoms with Gasteiger partial charge in [0.25, 0.3) is 0 Å². The molecule has 0 spiro atoms. The zero-order valence-corrected chi connectivity index (χ0v) is 11.8. The highest BCUT2D eigenvalue weighted by Crippen LogP contribution is 2.33. The molecule has 0 bridgehead atoms. The van der Waals surface area contributed by atoms with Gasteiger partial charge in [0, 0.05) is 23.7 Å². The lowest BCUT2D eigenvalue weighted by atomic mass is 10.1. The first-order chi connectivity index (χ1) is 9.84. The van der Waals surface area contributed by atoms with E-state index >= 15 is 0 Å². The molecule has 3 nitrogen and oxygen atoms in total. The number of para-hydroxylation sites is 1. The normalized spacial score (nSPS) is 13.2. The summed E-state index contributed by atoms with van der Waals surface area (Å²) in [6.07, 6.45) is 0. The van der Waals surface area contributed by atoms with Crippen LogP contribution in [0, 0.1) is 0 Å². The van der Waals surface area contributed by atoms with E-state index in [1.165, 1.54) is 0 Å². The van der Waals surface area contributed by atoms with Gasteiger partial charge in [0.15, 0.2) is 11.5 Å². The monoisotopic (exact) mass is 289 g/mol. The Morgan fingerprint density at radius 3 is 2.55 bits per heavy atom. The molecule has 0 fully saturated rings. The largest absolute Gasteiger partial charge is 0.486 e. The van der Waals surface area contributed by atoms with Gasteiger partial charge in [-0.2, -0.15) is 0 Å². The van der Waals surface area contributed by atoms with E-state index < -0.39 is 0 Å². The van der Waals surface area contributed by atoms with Crippen LogP contribution >= 0.6 is 11.6 Å². The minimum absolute atomic E-state index is 0.606. The number of hydrogen-bond acceptors (Lipinski definition) is 3. The quantitative estimate of drug-likeness (QED) is 0.936. The second-order valence-electron chi connectivity index (χ2n) is 4.64. The molecule has 0 unspecified atom stereocenters. The van der Waals surface area contributed by atoms with E-state index in [0.717, 1.165) is 40.7 Å². The van der Waals surface area contributed by atoms with Crippen LogP contribution in [0.25, 0.3) is 0 Å². The third-order valence-electron chi connectivity index (χ3n) is 3.24. The fourth-order valence-electron chi connectivity index (χ4n) is 2.25. The Labute approximate surface area is 123 Å². The smallest absolute Gasteiger partial charge is 0.165 e. The zero-order chi connectivity index (χ0) is 13.8. The van der Waals surface area contributed by atoms with E-state index in [4.69, 9.17) is 21.1 Å². The van der Waals surface area contributed by atoms with Gasteiger partial charge in [-0.1, -0.05) is 41.9 Å². The predicted molar refractivity (Wildman–Crippen MR) is 79.4 cm³/mol. The maximum Gasteiger partial charge on any atom is 0.165 e. The first kappa shape index (κ1) is 13.3. The van der Waals surface area contributed by atoms with E-state index in [-0.39, 0.29) is 0 Å². The van der Waals surface area contributed by atoms with Crippen molar-refractivity contribution in [3.8, 4) is 11.5 Å². The third kappa shape index (κ3) is 2.89. The molecule has 2 aromatic rings. The zero-order valence-electron chi connectivity index (χ0n) is 11.1. The SMILES string of the molecule is Clc1ccccc1CNCc1cccc2c1OCCO2. The molecule has 0 saturated carbocycles. The molecule has 1 aliphatic heterocycles. The Bertz CT molecular complexity index is 601. The second kappa shape index (κ2) is 6.16. The van der Waals surface area contributed by atoms with E-state index in [9.17, 15) is 0 Å². The third-order valence-corrected chi connectivity index (χ3v) is 3.61. The highest BCUT2D eigenvalue weighted by molar-refractivity contribution is 6.31. The Balaban J connectivity index is 1.66. The Hall–Kier alpha value is -1.71. The van der Waals surface area contributed by atoms with Crippen molar-refractivity contribution in [2.75, 3.05) is 13.2 Å². The first-order valence-electron chi connectivity index (χ1n) is 6.66. The van der Waals surface area contributed by atoms with Crippen LogP contribution in [-0.4, -0.2) is 13.2 Å². The topological polar surface area (TPSA) is 30.5 Å². The van der Waals surface area contributed by atoms with Crippen molar-refractivity contribution in [3.63, 3.8) is 0 Å². The van der Waals surface area contributed by atoms with Crippen LogP contribution in [0.1, 0.15) is 11.1 Å². The highest BCUT2D eigenvalue weighted by Gasteiger charge is 2.14. The molecule has 1 N–H and O–H groups in total. The molecule has 2 aromatic carbocycles. The van der Waals surface area contributed by atoms with Crippen LogP contribution in [0.3, 0.4) is 0 Å². The molecule has 1 heterocycles. The van der Waals surface area contributed by atoms with Crippen LogP contribution in [0.15, 0.2) is 42.5 Å². The first-order valence-corrected chi connectivity index (χ1v) is 7.04. The van der Waals surface area contributed by atoms with Crippen molar-refractivity contribution in [2.24, 2.45) is 0 Å². The van der Waals surface area contributed by atoms with E-state index in [0.29, 0.717) is 13.2 Å². The molecular weight excluding hydrogens is 274 g/mol. The summed E-state index contributed by atoms with van der Waals surface area (Å²) in [4.78, 5) is 0. The molecule has 0 amide bonds. The number of rotatable bonds is 4. The lowest BCUT2D eigenvalue weighted by molar-refractivity contribution is 0.169. The molecule has 1 aliphatic rings. The summed E-state index contributed by atoms with van der Waals surface area (Å²) in [5.41, 5.74) is 2.20. The van der Waals surface area contributed by atoms with Crippen molar-refractivity contribution in [1.82, 2.24) is 5.32 Å². The summed E-state index contributed by atoms with van der Waals surface area (Å²) in [5, 5.41) is 4.18. The van der Waals surface area contributed by atoms with Crippen LogP contribution < -0.4 is 14.8 Å². The number of ether oxygens (including phenoxy) is 2. The molecular formula is C16H16ClNO2. The van der Waals surface area contributed by atoms with Crippen LogP contribution in [-0.2, 0) is 13.1 Å².